The number of carbonyl (C=O) groups excluding carboxylic acids is 2. The molecular formula is C40H33F4N3O2. The summed E-state index contributed by atoms with van der Waals surface area (Å²) in [7, 11) is 0. The van der Waals surface area contributed by atoms with Crippen molar-refractivity contribution >= 4 is 17.9 Å². The third-order valence-corrected chi connectivity index (χ3v) is 8.66. The van der Waals surface area contributed by atoms with Crippen molar-refractivity contribution in [1.82, 2.24) is 14.8 Å². The van der Waals surface area contributed by atoms with Crippen LogP contribution in [0.3, 0.4) is 0 Å². The summed E-state index contributed by atoms with van der Waals surface area (Å²) in [4.78, 5) is 36.2. The van der Waals surface area contributed by atoms with Crippen molar-refractivity contribution in [3.8, 4) is 11.3 Å². The number of amides is 2. The van der Waals surface area contributed by atoms with Crippen LogP contribution in [-0.4, -0.2) is 39.2 Å². The van der Waals surface area contributed by atoms with Gasteiger partial charge in [0, 0.05) is 43.9 Å². The highest BCUT2D eigenvalue weighted by Crippen LogP contribution is 2.30. The van der Waals surface area contributed by atoms with Crippen LogP contribution in [0.1, 0.15) is 33.4 Å². The van der Waals surface area contributed by atoms with E-state index in [9.17, 15) is 27.2 Å². The van der Waals surface area contributed by atoms with Crippen molar-refractivity contribution in [2.75, 3.05) is 6.54 Å². The SMILES string of the molecule is O=C(C(Cc1ccccc1)N(Cc1ccc(-c2ccccn2)cc1)C(=O)C=Cc1ccc(C(F)(F)F)cc1)N1CCc2c(F)cccc2C1. The number of rotatable bonds is 9. The monoisotopic (exact) mass is 663 g/mol. The van der Waals surface area contributed by atoms with Gasteiger partial charge in [0.25, 0.3) is 0 Å². The van der Waals surface area contributed by atoms with Gasteiger partial charge in [-0.1, -0.05) is 84.9 Å². The van der Waals surface area contributed by atoms with Crippen LogP contribution in [0.5, 0.6) is 0 Å². The molecule has 6 rings (SSSR count). The molecule has 0 aliphatic carbocycles. The summed E-state index contributed by atoms with van der Waals surface area (Å²) in [6.45, 7) is 0.584. The fourth-order valence-electron chi connectivity index (χ4n) is 6.03. The average Bonchev–Trinajstić information content (AvgIpc) is 3.12. The Hall–Kier alpha value is -5.57. The first-order valence-electron chi connectivity index (χ1n) is 15.9. The van der Waals surface area contributed by atoms with E-state index in [1.165, 1.54) is 35.3 Å². The molecule has 0 saturated carbocycles. The quantitative estimate of drug-likeness (QED) is 0.118. The Bertz CT molecular complexity index is 1930. The molecular weight excluding hydrogens is 630 g/mol. The first-order valence-corrected chi connectivity index (χ1v) is 15.9. The molecule has 2 heterocycles. The van der Waals surface area contributed by atoms with Gasteiger partial charge >= 0.3 is 6.18 Å². The van der Waals surface area contributed by atoms with Crippen molar-refractivity contribution < 1.29 is 27.2 Å². The molecule has 1 aliphatic heterocycles. The molecule has 49 heavy (non-hydrogen) atoms. The van der Waals surface area contributed by atoms with Crippen molar-refractivity contribution in [2.24, 2.45) is 0 Å². The highest BCUT2D eigenvalue weighted by atomic mass is 19.4. The minimum atomic E-state index is -4.48. The van der Waals surface area contributed by atoms with Gasteiger partial charge in [-0.25, -0.2) is 4.39 Å². The second-order valence-electron chi connectivity index (χ2n) is 11.9. The van der Waals surface area contributed by atoms with Crippen molar-refractivity contribution in [3.05, 3.63) is 167 Å². The molecule has 5 nitrogen and oxygen atoms in total. The molecule has 1 unspecified atom stereocenters. The molecule has 0 bridgehead atoms. The molecule has 9 heteroatoms. The Morgan fingerprint density at radius 1 is 0.837 bits per heavy atom. The summed E-state index contributed by atoms with van der Waals surface area (Å²) in [5.74, 6) is -1.06. The Balaban J connectivity index is 1.34. The molecule has 4 aromatic carbocycles. The van der Waals surface area contributed by atoms with E-state index in [1.54, 1.807) is 17.2 Å². The minimum Gasteiger partial charge on any atom is -0.336 e. The number of carbonyl (C=O) groups is 2. The molecule has 1 aliphatic rings. The average molecular weight is 664 g/mol. The van der Waals surface area contributed by atoms with E-state index in [1.807, 2.05) is 78.9 Å². The second kappa shape index (κ2) is 14.7. The topological polar surface area (TPSA) is 53.5 Å². The van der Waals surface area contributed by atoms with E-state index in [0.717, 1.165) is 40.1 Å². The summed E-state index contributed by atoms with van der Waals surface area (Å²) < 4.78 is 53.9. The van der Waals surface area contributed by atoms with Crippen LogP contribution in [0.25, 0.3) is 17.3 Å². The van der Waals surface area contributed by atoms with Crippen molar-refractivity contribution in [1.29, 1.82) is 0 Å². The number of benzene rings is 4. The fraction of sp³-hybridized carbons (Fsp3) is 0.175. The van der Waals surface area contributed by atoms with Gasteiger partial charge in [-0.3, -0.25) is 14.6 Å². The van der Waals surface area contributed by atoms with Crippen LogP contribution in [0.4, 0.5) is 17.6 Å². The second-order valence-corrected chi connectivity index (χ2v) is 11.9. The Morgan fingerprint density at radius 2 is 1.57 bits per heavy atom. The zero-order chi connectivity index (χ0) is 34.4. The number of nitrogens with zero attached hydrogens (tertiary/aromatic N) is 3. The molecule has 1 atom stereocenters. The first kappa shape index (κ1) is 33.3. The molecule has 2 amide bonds. The number of hydrogen-bond donors (Lipinski definition) is 0. The van der Waals surface area contributed by atoms with Crippen LogP contribution < -0.4 is 0 Å². The van der Waals surface area contributed by atoms with Gasteiger partial charge in [-0.05, 0) is 70.6 Å². The Labute approximate surface area is 282 Å². The summed E-state index contributed by atoms with van der Waals surface area (Å²) in [5, 5.41) is 0. The summed E-state index contributed by atoms with van der Waals surface area (Å²) in [6, 6.07) is 31.0. The maximum absolute atomic E-state index is 14.5. The van der Waals surface area contributed by atoms with E-state index >= 15 is 0 Å². The third-order valence-electron chi connectivity index (χ3n) is 8.66. The number of pyridine rings is 1. The van der Waals surface area contributed by atoms with Gasteiger partial charge in [0.2, 0.25) is 11.8 Å². The molecule has 0 spiro atoms. The predicted molar refractivity (Wildman–Crippen MR) is 180 cm³/mol. The van der Waals surface area contributed by atoms with Crippen LogP contribution in [0.2, 0.25) is 0 Å². The zero-order valence-corrected chi connectivity index (χ0v) is 26.5. The Kier molecular flexibility index (Phi) is 9.99. The molecule has 5 aromatic rings. The van der Waals surface area contributed by atoms with Crippen molar-refractivity contribution in [3.63, 3.8) is 0 Å². The molecule has 1 aromatic heterocycles. The highest BCUT2D eigenvalue weighted by Gasteiger charge is 2.35. The maximum atomic E-state index is 14.5. The standard InChI is InChI=1S/C40H33F4N3O2/c41-35-10-6-9-32-27-46(24-22-34(32)35)39(49)37(25-29-7-2-1-3-8-29)47(26-30-12-17-31(18-13-30)36-11-4-5-23-45-36)38(48)21-16-28-14-19-33(20-15-28)40(42,43)44/h1-21,23,37H,22,24-27H2. The van der Waals surface area contributed by atoms with Gasteiger partial charge in [-0.2, -0.15) is 13.2 Å². The van der Waals surface area contributed by atoms with E-state index in [0.29, 0.717) is 24.1 Å². The van der Waals surface area contributed by atoms with E-state index < -0.39 is 23.7 Å². The predicted octanol–water partition coefficient (Wildman–Crippen LogP) is 8.14. The fourth-order valence-corrected chi connectivity index (χ4v) is 6.03. The maximum Gasteiger partial charge on any atom is 0.416 e. The normalized spacial score (nSPS) is 13.6. The molecule has 0 fully saturated rings. The highest BCUT2D eigenvalue weighted by molar-refractivity contribution is 5.96. The van der Waals surface area contributed by atoms with Gasteiger partial charge in [0.05, 0.1) is 11.3 Å². The van der Waals surface area contributed by atoms with Crippen LogP contribution in [0, 0.1) is 5.82 Å². The minimum absolute atomic E-state index is 0.0843. The molecule has 0 radical (unpaired) electrons. The van der Waals surface area contributed by atoms with Gasteiger partial charge < -0.3 is 9.80 Å². The lowest BCUT2D eigenvalue weighted by molar-refractivity contribution is -0.144. The van der Waals surface area contributed by atoms with E-state index in [-0.39, 0.29) is 31.2 Å². The Morgan fingerprint density at radius 3 is 2.27 bits per heavy atom. The van der Waals surface area contributed by atoms with Crippen molar-refractivity contribution in [2.45, 2.75) is 38.1 Å². The number of aromatic nitrogens is 1. The third kappa shape index (κ3) is 8.12. The molecule has 0 saturated heterocycles. The summed E-state index contributed by atoms with van der Waals surface area (Å²) >= 11 is 0. The number of hydrogen-bond acceptors (Lipinski definition) is 3. The van der Waals surface area contributed by atoms with E-state index in [4.69, 9.17) is 0 Å². The molecule has 248 valence electrons. The smallest absolute Gasteiger partial charge is 0.336 e. The number of fused-ring (bicyclic) bond motifs is 1. The molecule has 0 N–H and O–H groups in total. The summed E-state index contributed by atoms with van der Waals surface area (Å²) in [6.07, 6.45) is 0.536. The number of alkyl halides is 3. The number of halogens is 4. The van der Waals surface area contributed by atoms with Gasteiger partial charge in [0.15, 0.2) is 0 Å². The van der Waals surface area contributed by atoms with Crippen LogP contribution in [0.15, 0.2) is 128 Å². The van der Waals surface area contributed by atoms with Crippen LogP contribution >= 0.6 is 0 Å². The van der Waals surface area contributed by atoms with Crippen LogP contribution in [-0.2, 0) is 41.7 Å². The van der Waals surface area contributed by atoms with Gasteiger partial charge in [0.1, 0.15) is 11.9 Å². The van der Waals surface area contributed by atoms with E-state index in [2.05, 4.69) is 4.98 Å². The lowest BCUT2D eigenvalue weighted by Crippen LogP contribution is -2.52. The lowest BCUT2D eigenvalue weighted by atomic mass is 9.96. The van der Waals surface area contributed by atoms with Gasteiger partial charge in [-0.15, -0.1) is 0 Å². The first-order chi connectivity index (χ1) is 23.7. The lowest BCUT2D eigenvalue weighted by Gasteiger charge is -2.37. The largest absolute Gasteiger partial charge is 0.416 e. The summed E-state index contributed by atoms with van der Waals surface area (Å²) in [5.41, 5.74) is 4.23. The zero-order valence-electron chi connectivity index (χ0n) is 26.5.